The van der Waals surface area contributed by atoms with E-state index in [1.807, 2.05) is 0 Å². The third-order valence-corrected chi connectivity index (χ3v) is 7.25. The Hall–Kier alpha value is -4.35. The van der Waals surface area contributed by atoms with Crippen molar-refractivity contribution in [2.75, 3.05) is 6.61 Å². The highest BCUT2D eigenvalue weighted by Crippen LogP contribution is 2.51. The highest BCUT2D eigenvalue weighted by molar-refractivity contribution is 6.02. The number of unbranched alkanes of at least 4 members (excludes halogenated alkanes) is 7. The van der Waals surface area contributed by atoms with Crippen molar-refractivity contribution in [3.8, 4) is 22.9 Å². The largest absolute Gasteiger partial charge is 0.490 e. The maximum absolute atomic E-state index is 14.6. The first-order chi connectivity index (χ1) is 23.7. The Kier molecular flexibility index (Phi) is 13.5. The molecular weight excluding hydrogens is 713 g/mol. The van der Waals surface area contributed by atoms with Crippen LogP contribution in [0.15, 0.2) is 60.9 Å². The van der Waals surface area contributed by atoms with Crippen LogP contribution < -0.4 is 9.47 Å². The van der Waals surface area contributed by atoms with Gasteiger partial charge in [0, 0.05) is 11.1 Å². The fourth-order valence-electron chi connectivity index (χ4n) is 4.39. The van der Waals surface area contributed by atoms with Crippen molar-refractivity contribution in [1.29, 1.82) is 0 Å². The highest BCUT2D eigenvalue weighted by Gasteiger charge is 2.79. The van der Waals surface area contributed by atoms with E-state index in [-0.39, 0.29) is 5.56 Å². The number of hydrogen-bond donors (Lipinski definition) is 0. The van der Waals surface area contributed by atoms with E-state index in [2.05, 4.69) is 21.6 Å². The van der Waals surface area contributed by atoms with Crippen LogP contribution >= 0.6 is 0 Å². The number of ketones is 1. The predicted octanol–water partition coefficient (Wildman–Crippen LogP) is 10.1. The lowest BCUT2D eigenvalue weighted by atomic mass is 10.0. The molecule has 1 unspecified atom stereocenters. The van der Waals surface area contributed by atoms with E-state index in [0.717, 1.165) is 19.3 Å². The van der Waals surface area contributed by atoms with Gasteiger partial charge < -0.3 is 9.47 Å². The van der Waals surface area contributed by atoms with Gasteiger partial charge in [-0.3, -0.25) is 9.53 Å². The van der Waals surface area contributed by atoms with E-state index in [0.29, 0.717) is 48.0 Å². The van der Waals surface area contributed by atoms with Gasteiger partial charge in [-0.05, 0) is 42.8 Å². The van der Waals surface area contributed by atoms with Gasteiger partial charge >= 0.3 is 36.2 Å². The molecular formula is C33H31F11N2O5. The molecule has 18 heteroatoms. The quantitative estimate of drug-likeness (QED) is 0.0421. The fraction of sp³-hybridized carbons (Fsp3) is 0.455. The molecule has 0 N–H and O–H groups in total. The number of benzene rings is 2. The number of aromatic nitrogens is 2. The summed E-state index contributed by atoms with van der Waals surface area (Å²) < 4.78 is 158. The Morgan fingerprint density at radius 2 is 1.14 bits per heavy atom. The van der Waals surface area contributed by atoms with Gasteiger partial charge in [0.15, 0.2) is 11.6 Å². The lowest BCUT2D eigenvalue weighted by Gasteiger charge is -2.34. The van der Waals surface area contributed by atoms with Crippen LogP contribution in [0.25, 0.3) is 11.4 Å². The van der Waals surface area contributed by atoms with Gasteiger partial charge in [0.1, 0.15) is 5.75 Å². The number of hydrogen-bond acceptors (Lipinski definition) is 7. The molecule has 280 valence electrons. The number of carbonyl (C=O) groups excluding carboxylic acids is 2. The molecule has 0 saturated carbocycles. The minimum Gasteiger partial charge on any atom is -0.490 e. The molecule has 51 heavy (non-hydrogen) atoms. The van der Waals surface area contributed by atoms with Gasteiger partial charge in [0.2, 0.25) is 5.78 Å². The van der Waals surface area contributed by atoms with Crippen LogP contribution in [0.3, 0.4) is 0 Å². The second-order valence-corrected chi connectivity index (χ2v) is 11.2. The van der Waals surface area contributed by atoms with Crippen molar-refractivity contribution in [3.63, 3.8) is 0 Å². The Morgan fingerprint density at radius 1 is 0.627 bits per heavy atom. The summed E-state index contributed by atoms with van der Waals surface area (Å²) in [5.74, 6) is -17.5. The average molecular weight is 745 g/mol. The number of Topliss-reactive ketones (excluding diaryl/α,β-unsaturated/α-hetero) is 1. The van der Waals surface area contributed by atoms with Crippen LogP contribution in [0.5, 0.6) is 11.5 Å². The van der Waals surface area contributed by atoms with E-state index in [1.54, 1.807) is 0 Å². The zero-order valence-electron chi connectivity index (χ0n) is 26.7. The number of rotatable bonds is 18. The van der Waals surface area contributed by atoms with Crippen LogP contribution in [0.1, 0.15) is 79.0 Å². The van der Waals surface area contributed by atoms with Crippen molar-refractivity contribution in [1.82, 2.24) is 9.97 Å². The minimum atomic E-state index is -7.32. The summed E-state index contributed by atoms with van der Waals surface area (Å²) in [6.07, 6.45) is -9.02. The molecule has 0 aliphatic rings. The summed E-state index contributed by atoms with van der Waals surface area (Å²) in [7, 11) is 0. The van der Waals surface area contributed by atoms with Crippen LogP contribution in [0, 0.1) is 0 Å². The Balaban J connectivity index is 1.59. The molecule has 2 aromatic carbocycles. The molecule has 0 radical (unpaired) electrons. The maximum atomic E-state index is 14.6. The number of alkyl halides is 11. The first-order valence-corrected chi connectivity index (χ1v) is 15.4. The number of ether oxygens (including phenoxy) is 3. The molecule has 1 atom stereocenters. The number of nitrogens with zero attached hydrogens (tertiary/aromatic N) is 2. The van der Waals surface area contributed by atoms with Gasteiger partial charge in [0.25, 0.3) is 0 Å². The summed E-state index contributed by atoms with van der Waals surface area (Å²) in [6, 6.07) is 7.35. The first-order valence-electron chi connectivity index (χ1n) is 15.4. The molecule has 0 fully saturated rings. The minimum absolute atomic E-state index is 0.0645. The van der Waals surface area contributed by atoms with Gasteiger partial charge in [-0.25, -0.2) is 14.8 Å². The molecule has 0 amide bonds. The summed E-state index contributed by atoms with van der Waals surface area (Å²) in [5, 5.41) is 0. The van der Waals surface area contributed by atoms with Crippen molar-refractivity contribution in [2.24, 2.45) is 0 Å². The monoisotopic (exact) mass is 744 g/mol. The predicted molar refractivity (Wildman–Crippen MR) is 158 cm³/mol. The lowest BCUT2D eigenvalue weighted by molar-refractivity contribution is -0.470. The summed E-state index contributed by atoms with van der Waals surface area (Å²) >= 11 is 0. The van der Waals surface area contributed by atoms with E-state index in [4.69, 9.17) is 9.47 Å². The van der Waals surface area contributed by atoms with Crippen molar-refractivity contribution < 1.29 is 72.1 Å². The first kappa shape index (κ1) is 41.1. The number of carbonyl (C=O) groups is 2. The van der Waals surface area contributed by atoms with Gasteiger partial charge in [-0.15, -0.1) is 0 Å². The number of halogens is 11. The van der Waals surface area contributed by atoms with Gasteiger partial charge in [0.05, 0.1) is 24.6 Å². The average Bonchev–Trinajstić information content (AvgIpc) is 3.06. The summed E-state index contributed by atoms with van der Waals surface area (Å²) in [5.41, 5.74) is -1.04. The Labute approximate surface area is 284 Å². The molecule has 3 rings (SSSR count). The second kappa shape index (κ2) is 16.8. The molecule has 0 aliphatic carbocycles. The maximum Gasteiger partial charge on any atom is 0.462 e. The molecule has 1 heterocycles. The summed E-state index contributed by atoms with van der Waals surface area (Å²) in [4.78, 5) is 33.2. The highest BCUT2D eigenvalue weighted by atomic mass is 19.4. The van der Waals surface area contributed by atoms with Gasteiger partial charge in [-0.2, -0.15) is 48.3 Å². The van der Waals surface area contributed by atoms with Crippen LogP contribution in [-0.4, -0.2) is 58.6 Å². The van der Waals surface area contributed by atoms with Crippen LogP contribution in [-0.2, 0) is 4.74 Å². The molecule has 0 aliphatic heterocycles. The standard InChI is InChI=1S/C33H31F11N2O5/c1-2-3-4-5-6-7-8-9-18-49-25-19-45-27(46-20-25)22-10-12-23(13-11-22)28(48)50-24-16-14-21(15-17-24)26(47)29(34,31(37,38)39)51-33(43,44)30(35,36)32(40,41)42/h10-17,19-20H,2-9,18H2,1H3. The van der Waals surface area contributed by atoms with E-state index < -0.39 is 53.3 Å². The van der Waals surface area contributed by atoms with E-state index in [9.17, 15) is 57.9 Å². The van der Waals surface area contributed by atoms with Crippen molar-refractivity contribution >= 4 is 11.8 Å². The van der Waals surface area contributed by atoms with E-state index in [1.165, 1.54) is 68.8 Å². The fourth-order valence-corrected chi connectivity index (χ4v) is 4.39. The zero-order valence-corrected chi connectivity index (χ0v) is 26.7. The Bertz CT molecular complexity index is 1580. The third-order valence-electron chi connectivity index (χ3n) is 7.25. The number of esters is 1. The molecule has 0 spiro atoms. The molecule has 0 bridgehead atoms. The van der Waals surface area contributed by atoms with Gasteiger partial charge in [-0.1, -0.05) is 64.0 Å². The van der Waals surface area contributed by atoms with Crippen molar-refractivity contribution in [3.05, 3.63) is 72.1 Å². The second-order valence-electron chi connectivity index (χ2n) is 11.2. The zero-order chi connectivity index (χ0) is 38.1. The third kappa shape index (κ3) is 10.4. The normalized spacial score (nSPS) is 13.8. The lowest BCUT2D eigenvalue weighted by Crippen LogP contribution is -2.61. The smallest absolute Gasteiger partial charge is 0.462 e. The van der Waals surface area contributed by atoms with Crippen LogP contribution in [0.4, 0.5) is 48.3 Å². The van der Waals surface area contributed by atoms with Crippen molar-refractivity contribution in [2.45, 2.75) is 88.5 Å². The molecule has 7 nitrogen and oxygen atoms in total. The Morgan fingerprint density at radius 3 is 1.65 bits per heavy atom. The topological polar surface area (TPSA) is 87.6 Å². The molecule has 1 aromatic heterocycles. The molecule has 0 saturated heterocycles. The van der Waals surface area contributed by atoms with E-state index >= 15 is 0 Å². The SMILES string of the molecule is CCCCCCCCCCOc1cnc(-c2ccc(C(=O)Oc3ccc(C(=O)C(F)(OC(F)(F)C(F)(F)C(F)(F)F)C(F)(F)F)cc3)cc2)nc1. The molecule has 3 aromatic rings. The summed E-state index contributed by atoms with van der Waals surface area (Å²) in [6.45, 7) is 2.68. The van der Waals surface area contributed by atoms with Crippen LogP contribution in [0.2, 0.25) is 0 Å².